The standard InChI is InChI=1S/C21H23FN6O/c1-13-18-8-19(29)14(2)27(3)20(18)26-21(25-13)23-9-16-10-24-28(12-16)11-15-4-6-17(22)7-5-15/h4-7,10,12,14H,8-9,11H2,1-3H3,(H,23,25,26). The van der Waals surface area contributed by atoms with Crippen molar-refractivity contribution in [2.75, 3.05) is 17.3 Å². The van der Waals surface area contributed by atoms with Crippen LogP contribution in [0.5, 0.6) is 0 Å². The van der Waals surface area contributed by atoms with E-state index in [1.54, 1.807) is 18.3 Å². The van der Waals surface area contributed by atoms with Gasteiger partial charge in [-0.2, -0.15) is 10.1 Å². The number of halogens is 1. The zero-order chi connectivity index (χ0) is 20.5. The Balaban J connectivity index is 1.45. The molecule has 2 aromatic heterocycles. The number of aromatic nitrogens is 4. The monoisotopic (exact) mass is 394 g/mol. The number of nitrogens with zero attached hydrogens (tertiary/aromatic N) is 5. The Morgan fingerprint density at radius 3 is 2.72 bits per heavy atom. The van der Waals surface area contributed by atoms with Crippen molar-refractivity contribution in [1.29, 1.82) is 0 Å². The van der Waals surface area contributed by atoms with Crippen LogP contribution in [-0.2, 0) is 24.3 Å². The van der Waals surface area contributed by atoms with Gasteiger partial charge in [0.15, 0.2) is 5.78 Å². The number of carbonyl (C=O) groups excluding carboxylic acids is 1. The van der Waals surface area contributed by atoms with Crippen LogP contribution in [0.25, 0.3) is 0 Å². The molecule has 3 aromatic rings. The van der Waals surface area contributed by atoms with Gasteiger partial charge in [-0.3, -0.25) is 9.48 Å². The van der Waals surface area contributed by atoms with Crippen LogP contribution in [0.1, 0.15) is 29.3 Å². The number of fused-ring (bicyclic) bond motifs is 1. The predicted octanol–water partition coefficient (Wildman–Crippen LogP) is 2.73. The van der Waals surface area contributed by atoms with Crippen molar-refractivity contribution in [2.24, 2.45) is 0 Å². The molecule has 4 rings (SSSR count). The van der Waals surface area contributed by atoms with Gasteiger partial charge in [0.1, 0.15) is 11.6 Å². The maximum Gasteiger partial charge on any atom is 0.225 e. The molecule has 0 aliphatic carbocycles. The number of benzene rings is 1. The van der Waals surface area contributed by atoms with Crippen LogP contribution in [0.4, 0.5) is 16.2 Å². The molecule has 1 atom stereocenters. The summed E-state index contributed by atoms with van der Waals surface area (Å²) in [6.45, 7) is 4.90. The van der Waals surface area contributed by atoms with E-state index < -0.39 is 0 Å². The number of rotatable bonds is 5. The first-order chi connectivity index (χ1) is 13.9. The van der Waals surface area contributed by atoms with Crippen LogP contribution in [0, 0.1) is 12.7 Å². The van der Waals surface area contributed by atoms with E-state index in [4.69, 9.17) is 0 Å². The Kier molecular flexibility index (Phi) is 5.00. The van der Waals surface area contributed by atoms with E-state index in [0.717, 1.165) is 28.2 Å². The average molecular weight is 394 g/mol. The molecule has 1 aliphatic heterocycles. The van der Waals surface area contributed by atoms with Gasteiger partial charge in [0, 0.05) is 43.0 Å². The van der Waals surface area contributed by atoms with Gasteiger partial charge in [0.05, 0.1) is 18.8 Å². The molecule has 3 heterocycles. The number of hydrogen-bond donors (Lipinski definition) is 1. The smallest absolute Gasteiger partial charge is 0.225 e. The summed E-state index contributed by atoms with van der Waals surface area (Å²) in [5, 5.41) is 7.61. The Morgan fingerprint density at radius 2 is 1.97 bits per heavy atom. The zero-order valence-corrected chi connectivity index (χ0v) is 16.7. The van der Waals surface area contributed by atoms with Crippen LogP contribution in [-0.4, -0.2) is 38.6 Å². The number of ketones is 1. The van der Waals surface area contributed by atoms with Gasteiger partial charge >= 0.3 is 0 Å². The van der Waals surface area contributed by atoms with Gasteiger partial charge in [-0.05, 0) is 31.5 Å². The highest BCUT2D eigenvalue weighted by Crippen LogP contribution is 2.28. The van der Waals surface area contributed by atoms with Gasteiger partial charge in [-0.25, -0.2) is 9.37 Å². The second-order valence-corrected chi connectivity index (χ2v) is 7.39. The first-order valence-electron chi connectivity index (χ1n) is 9.53. The number of anilines is 2. The van der Waals surface area contributed by atoms with Gasteiger partial charge in [0.25, 0.3) is 0 Å². The lowest BCUT2D eigenvalue weighted by molar-refractivity contribution is -0.119. The lowest BCUT2D eigenvalue weighted by atomic mass is 9.98. The molecule has 1 N–H and O–H groups in total. The lowest BCUT2D eigenvalue weighted by Gasteiger charge is -2.32. The maximum absolute atomic E-state index is 13.0. The minimum Gasteiger partial charge on any atom is -0.350 e. The molecule has 0 radical (unpaired) electrons. The van der Waals surface area contributed by atoms with E-state index in [-0.39, 0.29) is 17.6 Å². The minimum absolute atomic E-state index is 0.181. The van der Waals surface area contributed by atoms with Crippen LogP contribution >= 0.6 is 0 Å². The molecule has 1 aromatic carbocycles. The molecule has 0 spiro atoms. The number of hydrogen-bond acceptors (Lipinski definition) is 6. The molecular formula is C21H23FN6O. The third-order valence-corrected chi connectivity index (χ3v) is 5.32. The second kappa shape index (κ2) is 7.62. The Labute approximate surface area is 168 Å². The fourth-order valence-electron chi connectivity index (χ4n) is 3.42. The number of carbonyl (C=O) groups is 1. The molecule has 0 bridgehead atoms. The molecule has 150 valence electrons. The second-order valence-electron chi connectivity index (χ2n) is 7.39. The SMILES string of the molecule is Cc1nc(NCc2cnn(Cc3ccc(F)cc3)c2)nc2c1CC(=O)C(C)N2C. The molecule has 8 heteroatoms. The molecule has 1 unspecified atom stereocenters. The number of aryl methyl sites for hydroxylation is 1. The van der Waals surface area contributed by atoms with Crippen LogP contribution in [0.3, 0.4) is 0 Å². The first kappa shape index (κ1) is 19.0. The fraction of sp³-hybridized carbons (Fsp3) is 0.333. The Morgan fingerprint density at radius 1 is 1.21 bits per heavy atom. The number of nitrogens with one attached hydrogen (secondary N) is 1. The van der Waals surface area contributed by atoms with Crippen LogP contribution in [0.15, 0.2) is 36.7 Å². The van der Waals surface area contributed by atoms with Gasteiger partial charge in [-0.15, -0.1) is 0 Å². The van der Waals surface area contributed by atoms with Crippen molar-refractivity contribution in [1.82, 2.24) is 19.7 Å². The molecule has 0 amide bonds. The number of Topliss-reactive ketones (excluding diaryl/α,β-unsaturated/α-hetero) is 1. The minimum atomic E-state index is -0.246. The van der Waals surface area contributed by atoms with Crippen LogP contribution < -0.4 is 10.2 Å². The first-order valence-corrected chi connectivity index (χ1v) is 9.53. The number of likely N-dealkylation sites (N-methyl/N-ethyl adjacent to an activating group) is 1. The van der Waals surface area contributed by atoms with Gasteiger partial charge < -0.3 is 10.2 Å². The Bertz CT molecular complexity index is 1050. The highest BCUT2D eigenvalue weighted by atomic mass is 19.1. The largest absolute Gasteiger partial charge is 0.350 e. The summed E-state index contributed by atoms with van der Waals surface area (Å²) < 4.78 is 14.8. The van der Waals surface area contributed by atoms with Crippen molar-refractivity contribution in [3.05, 3.63) is 64.9 Å². The normalized spacial score (nSPS) is 16.1. The van der Waals surface area contributed by atoms with E-state index in [1.807, 2.05) is 36.7 Å². The molecule has 0 saturated carbocycles. The van der Waals surface area contributed by atoms with Crippen molar-refractivity contribution in [3.63, 3.8) is 0 Å². The summed E-state index contributed by atoms with van der Waals surface area (Å²) >= 11 is 0. The molecule has 29 heavy (non-hydrogen) atoms. The van der Waals surface area contributed by atoms with Crippen molar-refractivity contribution < 1.29 is 9.18 Å². The third kappa shape index (κ3) is 3.96. The van der Waals surface area contributed by atoms with Gasteiger partial charge in [0.2, 0.25) is 5.95 Å². The van der Waals surface area contributed by atoms with Crippen molar-refractivity contribution in [3.8, 4) is 0 Å². The molecule has 0 fully saturated rings. The lowest BCUT2D eigenvalue weighted by Crippen LogP contribution is -2.42. The summed E-state index contributed by atoms with van der Waals surface area (Å²) in [7, 11) is 1.89. The summed E-state index contributed by atoms with van der Waals surface area (Å²) in [6.07, 6.45) is 4.10. The molecule has 1 aliphatic rings. The zero-order valence-electron chi connectivity index (χ0n) is 16.7. The van der Waals surface area contributed by atoms with E-state index in [1.165, 1.54) is 12.1 Å². The van der Waals surface area contributed by atoms with E-state index in [9.17, 15) is 9.18 Å². The summed E-state index contributed by atoms with van der Waals surface area (Å²) in [6, 6.07) is 6.21. The van der Waals surface area contributed by atoms with E-state index >= 15 is 0 Å². The summed E-state index contributed by atoms with van der Waals surface area (Å²) in [4.78, 5) is 23.2. The topological polar surface area (TPSA) is 75.9 Å². The molecular weight excluding hydrogens is 371 g/mol. The van der Waals surface area contributed by atoms with Gasteiger partial charge in [-0.1, -0.05) is 12.1 Å². The van der Waals surface area contributed by atoms with Crippen molar-refractivity contribution >= 4 is 17.5 Å². The van der Waals surface area contributed by atoms with Crippen LogP contribution in [0.2, 0.25) is 0 Å². The molecule has 7 nitrogen and oxygen atoms in total. The Hall–Kier alpha value is -3.29. The maximum atomic E-state index is 13.0. The third-order valence-electron chi connectivity index (χ3n) is 5.32. The highest BCUT2D eigenvalue weighted by Gasteiger charge is 2.30. The van der Waals surface area contributed by atoms with Crippen molar-refractivity contribution in [2.45, 2.75) is 39.4 Å². The fourth-order valence-corrected chi connectivity index (χ4v) is 3.42. The molecule has 0 saturated heterocycles. The summed E-state index contributed by atoms with van der Waals surface area (Å²) in [5.41, 5.74) is 3.68. The average Bonchev–Trinajstić information content (AvgIpc) is 3.15. The highest BCUT2D eigenvalue weighted by molar-refractivity contribution is 5.92. The predicted molar refractivity (Wildman–Crippen MR) is 108 cm³/mol. The van der Waals surface area contributed by atoms with E-state index in [2.05, 4.69) is 20.4 Å². The quantitative estimate of drug-likeness (QED) is 0.717. The summed E-state index contributed by atoms with van der Waals surface area (Å²) in [5.74, 6) is 1.27. The van der Waals surface area contributed by atoms with E-state index in [0.29, 0.717) is 25.5 Å².